The molecule has 3 heterocycles. The molecule has 2 aromatic heterocycles. The Morgan fingerprint density at radius 2 is 1.92 bits per heavy atom. The van der Waals surface area contributed by atoms with Crippen molar-refractivity contribution < 1.29 is 13.2 Å². The molecule has 0 spiro atoms. The van der Waals surface area contributed by atoms with Crippen molar-refractivity contribution in [3.05, 3.63) is 40.9 Å². The van der Waals surface area contributed by atoms with Gasteiger partial charge >= 0.3 is 6.18 Å². The molecule has 5 nitrogen and oxygen atoms in total. The topological polar surface area (TPSA) is 51.0 Å². The lowest BCUT2D eigenvalue weighted by Crippen LogP contribution is -2.39. The summed E-state index contributed by atoms with van der Waals surface area (Å²) in [5.41, 5.74) is 1.08. The highest BCUT2D eigenvalue weighted by molar-refractivity contribution is 5.59. The second-order valence-corrected chi connectivity index (χ2v) is 5.73. The van der Waals surface area contributed by atoms with Crippen LogP contribution in [0.2, 0.25) is 0 Å². The maximum atomic E-state index is 12.4. The van der Waals surface area contributed by atoms with E-state index in [9.17, 15) is 18.0 Å². The van der Waals surface area contributed by atoms with Crippen molar-refractivity contribution in [2.45, 2.75) is 32.0 Å². The molecular formula is C16H17F3N4O. The maximum absolute atomic E-state index is 12.4. The summed E-state index contributed by atoms with van der Waals surface area (Å²) in [5.74, 6) is 0.447. The highest BCUT2D eigenvalue weighted by atomic mass is 19.4. The summed E-state index contributed by atoms with van der Waals surface area (Å²) in [6.07, 6.45) is -1.09. The zero-order valence-electron chi connectivity index (χ0n) is 13.0. The molecule has 0 N–H and O–H groups in total. The van der Waals surface area contributed by atoms with Gasteiger partial charge in [0, 0.05) is 50.1 Å². The normalized spacial score (nSPS) is 14.5. The van der Waals surface area contributed by atoms with E-state index in [0.717, 1.165) is 12.0 Å². The summed E-state index contributed by atoms with van der Waals surface area (Å²) in [6, 6.07) is 4.95. The lowest BCUT2D eigenvalue weighted by molar-refractivity contribution is -0.135. The molecule has 8 heteroatoms. The molecule has 0 radical (unpaired) electrons. The molecule has 0 amide bonds. The first kappa shape index (κ1) is 16.5. The van der Waals surface area contributed by atoms with Gasteiger partial charge < -0.3 is 4.90 Å². The molecule has 2 aromatic rings. The number of rotatable bonds is 4. The Balaban J connectivity index is 1.88. The lowest BCUT2D eigenvalue weighted by Gasteiger charge is -2.31. The van der Waals surface area contributed by atoms with Crippen LogP contribution in [-0.4, -0.2) is 33.8 Å². The van der Waals surface area contributed by atoms with Gasteiger partial charge in [-0.15, -0.1) is 0 Å². The fourth-order valence-electron chi connectivity index (χ4n) is 2.82. The summed E-state index contributed by atoms with van der Waals surface area (Å²) in [4.78, 5) is 22.6. The van der Waals surface area contributed by atoms with E-state index >= 15 is 0 Å². The van der Waals surface area contributed by atoms with E-state index in [1.165, 1.54) is 10.6 Å². The molecule has 0 bridgehead atoms. The lowest BCUT2D eigenvalue weighted by atomic mass is 10.2. The smallest absolute Gasteiger partial charge is 0.342 e. The fourth-order valence-corrected chi connectivity index (χ4v) is 2.82. The van der Waals surface area contributed by atoms with Crippen LogP contribution in [0.3, 0.4) is 0 Å². The SMILES string of the molecule is O=c1cc(-c2ccncc2)nc2n1CCCN2CCCC(F)(F)F. The largest absolute Gasteiger partial charge is 0.389 e. The molecule has 0 aliphatic carbocycles. The molecule has 0 saturated heterocycles. The van der Waals surface area contributed by atoms with Crippen molar-refractivity contribution >= 4 is 5.95 Å². The minimum Gasteiger partial charge on any atom is -0.342 e. The summed E-state index contributed by atoms with van der Waals surface area (Å²) in [6.45, 7) is 1.36. The Morgan fingerprint density at radius 3 is 2.62 bits per heavy atom. The maximum Gasteiger partial charge on any atom is 0.389 e. The number of halogens is 3. The zero-order valence-corrected chi connectivity index (χ0v) is 13.0. The van der Waals surface area contributed by atoms with Crippen molar-refractivity contribution in [2.75, 3.05) is 18.0 Å². The van der Waals surface area contributed by atoms with Gasteiger partial charge in [-0.1, -0.05) is 0 Å². The summed E-state index contributed by atoms with van der Waals surface area (Å²) < 4.78 is 38.6. The molecular weight excluding hydrogens is 321 g/mol. The number of hydrogen-bond donors (Lipinski definition) is 0. The number of hydrogen-bond acceptors (Lipinski definition) is 4. The summed E-state index contributed by atoms with van der Waals surface area (Å²) >= 11 is 0. The van der Waals surface area contributed by atoms with Crippen molar-refractivity contribution in [3.63, 3.8) is 0 Å². The van der Waals surface area contributed by atoms with Crippen LogP contribution in [0.1, 0.15) is 19.3 Å². The van der Waals surface area contributed by atoms with E-state index in [1.54, 1.807) is 29.4 Å². The third-order valence-corrected chi connectivity index (χ3v) is 3.95. The van der Waals surface area contributed by atoms with Crippen molar-refractivity contribution in [1.82, 2.24) is 14.5 Å². The van der Waals surface area contributed by atoms with Gasteiger partial charge in [0.2, 0.25) is 5.95 Å². The zero-order chi connectivity index (χ0) is 17.2. The van der Waals surface area contributed by atoms with E-state index in [1.807, 2.05) is 0 Å². The number of alkyl halides is 3. The Hall–Kier alpha value is -2.38. The molecule has 3 rings (SSSR count). The first-order valence-electron chi connectivity index (χ1n) is 7.78. The minimum atomic E-state index is -4.16. The molecule has 128 valence electrons. The molecule has 24 heavy (non-hydrogen) atoms. The van der Waals surface area contributed by atoms with Gasteiger partial charge in [0.25, 0.3) is 5.56 Å². The van der Waals surface area contributed by atoms with E-state index < -0.39 is 12.6 Å². The molecule has 0 fully saturated rings. The first-order chi connectivity index (χ1) is 11.4. The molecule has 1 aliphatic rings. The fraction of sp³-hybridized carbons (Fsp3) is 0.438. The Kier molecular flexibility index (Phi) is 4.55. The average Bonchev–Trinajstić information content (AvgIpc) is 2.55. The van der Waals surface area contributed by atoms with Gasteiger partial charge in [-0.2, -0.15) is 13.2 Å². The Bertz CT molecular complexity index is 758. The monoisotopic (exact) mass is 338 g/mol. The molecule has 0 saturated carbocycles. The van der Waals surface area contributed by atoms with Crippen molar-refractivity contribution in [3.8, 4) is 11.3 Å². The van der Waals surface area contributed by atoms with Crippen LogP contribution in [0.4, 0.5) is 19.1 Å². The predicted octanol–water partition coefficient (Wildman–Crippen LogP) is 2.86. The Labute approximate surface area is 136 Å². The average molecular weight is 338 g/mol. The number of fused-ring (bicyclic) bond motifs is 1. The molecule has 1 aliphatic heterocycles. The van der Waals surface area contributed by atoms with Gasteiger partial charge in [-0.05, 0) is 25.0 Å². The third kappa shape index (κ3) is 3.74. The minimum absolute atomic E-state index is 0.0150. The summed E-state index contributed by atoms with van der Waals surface area (Å²) in [5, 5.41) is 0. The van der Waals surface area contributed by atoms with Crippen molar-refractivity contribution in [1.29, 1.82) is 0 Å². The Morgan fingerprint density at radius 1 is 1.17 bits per heavy atom. The third-order valence-electron chi connectivity index (χ3n) is 3.95. The highest BCUT2D eigenvalue weighted by Gasteiger charge is 2.27. The van der Waals surface area contributed by atoms with Crippen LogP contribution in [0.15, 0.2) is 35.4 Å². The van der Waals surface area contributed by atoms with Crippen LogP contribution in [0.5, 0.6) is 0 Å². The van der Waals surface area contributed by atoms with Crippen LogP contribution >= 0.6 is 0 Å². The van der Waals surface area contributed by atoms with Crippen molar-refractivity contribution in [2.24, 2.45) is 0 Å². The molecule has 0 atom stereocenters. The van der Waals surface area contributed by atoms with Gasteiger partial charge in [0.1, 0.15) is 0 Å². The summed E-state index contributed by atoms with van der Waals surface area (Å²) in [7, 11) is 0. The first-order valence-corrected chi connectivity index (χ1v) is 7.78. The molecule has 0 aromatic carbocycles. The van der Waals surface area contributed by atoms with Crippen LogP contribution in [-0.2, 0) is 6.54 Å². The van der Waals surface area contributed by atoms with E-state index in [-0.39, 0.29) is 18.5 Å². The van der Waals surface area contributed by atoms with Gasteiger partial charge in [-0.25, -0.2) is 4.98 Å². The standard InChI is InChI=1S/C16H17F3N4O/c17-16(18,19)5-1-8-22-9-2-10-23-14(24)11-13(21-15(22)23)12-3-6-20-7-4-12/h3-4,6-7,11H,1-2,5,8-10H2. The number of aromatic nitrogens is 3. The van der Waals surface area contributed by atoms with Crippen LogP contribution in [0.25, 0.3) is 11.3 Å². The number of pyridine rings is 1. The van der Waals surface area contributed by atoms with E-state index in [2.05, 4.69) is 9.97 Å². The number of nitrogens with zero attached hydrogens (tertiary/aromatic N) is 4. The molecule has 0 unspecified atom stereocenters. The highest BCUT2D eigenvalue weighted by Crippen LogP contribution is 2.24. The second kappa shape index (κ2) is 6.62. The van der Waals surface area contributed by atoms with E-state index in [0.29, 0.717) is 24.7 Å². The van der Waals surface area contributed by atoms with E-state index in [4.69, 9.17) is 0 Å². The quantitative estimate of drug-likeness (QED) is 0.860. The van der Waals surface area contributed by atoms with Gasteiger partial charge in [0.05, 0.1) is 5.69 Å². The van der Waals surface area contributed by atoms with Crippen LogP contribution < -0.4 is 10.5 Å². The number of anilines is 1. The van der Waals surface area contributed by atoms with Crippen LogP contribution in [0, 0.1) is 0 Å². The predicted molar refractivity (Wildman–Crippen MR) is 83.8 cm³/mol. The van der Waals surface area contributed by atoms with Gasteiger partial charge in [-0.3, -0.25) is 14.3 Å². The second-order valence-electron chi connectivity index (χ2n) is 5.73. The van der Waals surface area contributed by atoms with Gasteiger partial charge in [0.15, 0.2) is 0 Å².